The summed E-state index contributed by atoms with van der Waals surface area (Å²) in [6.07, 6.45) is 3.31. The first-order valence-corrected chi connectivity index (χ1v) is 17.1. The van der Waals surface area contributed by atoms with Crippen molar-refractivity contribution in [3.63, 3.8) is 0 Å². The molecule has 4 rings (SSSR count). The first-order chi connectivity index (χ1) is 23.4. The monoisotopic (exact) mass is 674 g/mol. The smallest absolute Gasteiger partial charge is 0.408 e. The van der Waals surface area contributed by atoms with Gasteiger partial charge in [0, 0.05) is 36.0 Å². The molecule has 5 amide bonds. The average Bonchev–Trinajstić information content (AvgIpc) is 3.48. The van der Waals surface area contributed by atoms with E-state index in [1.54, 1.807) is 20.8 Å². The predicted molar refractivity (Wildman–Crippen MR) is 187 cm³/mol. The van der Waals surface area contributed by atoms with Crippen LogP contribution >= 0.6 is 0 Å². The Bertz CT molecular complexity index is 1600. The lowest BCUT2D eigenvalue weighted by Crippen LogP contribution is -2.59. The number of rotatable bonds is 13. The van der Waals surface area contributed by atoms with Gasteiger partial charge in [-0.15, -0.1) is 0 Å². The third-order valence-electron chi connectivity index (χ3n) is 8.58. The second-order valence-electron chi connectivity index (χ2n) is 13.6. The van der Waals surface area contributed by atoms with Gasteiger partial charge in [-0.25, -0.2) is 4.79 Å². The molecule has 0 bridgehead atoms. The molecule has 0 saturated carbocycles. The van der Waals surface area contributed by atoms with E-state index in [4.69, 9.17) is 10.5 Å². The van der Waals surface area contributed by atoms with Gasteiger partial charge in [-0.1, -0.05) is 55.5 Å². The lowest BCUT2D eigenvalue weighted by molar-refractivity contribution is -0.154. The number of aromatic amines is 1. The number of fused-ring (bicyclic) bond motifs is 1. The summed E-state index contributed by atoms with van der Waals surface area (Å²) in [7, 11) is 0. The van der Waals surface area contributed by atoms with Crippen LogP contribution < -0.4 is 21.7 Å². The van der Waals surface area contributed by atoms with Crippen LogP contribution in [0.15, 0.2) is 60.8 Å². The molecule has 12 nitrogen and oxygen atoms in total. The van der Waals surface area contributed by atoms with E-state index in [-0.39, 0.29) is 31.7 Å². The number of hydrogen-bond acceptors (Lipinski definition) is 7. The number of alkyl carbamates (subject to hydrolysis) is 1. The Hall–Kier alpha value is -4.71. The summed E-state index contributed by atoms with van der Waals surface area (Å²) in [5.74, 6) is -2.35. The number of nitrogens with one attached hydrogen (secondary N) is 4. The summed E-state index contributed by atoms with van der Waals surface area (Å²) < 4.78 is 5.36. The van der Waals surface area contributed by atoms with Crippen molar-refractivity contribution in [3.8, 4) is 0 Å². The molecular formula is C37H50N6O6. The zero-order chi connectivity index (χ0) is 35.6. The lowest BCUT2D eigenvalue weighted by Gasteiger charge is -2.33. The van der Waals surface area contributed by atoms with E-state index in [0.29, 0.717) is 32.2 Å². The highest BCUT2D eigenvalue weighted by molar-refractivity contribution is 6.04. The fraction of sp³-hybridized carbons (Fsp3) is 0.486. The van der Waals surface area contributed by atoms with E-state index in [2.05, 4.69) is 20.9 Å². The number of carbonyl (C=O) groups is 5. The molecule has 264 valence electrons. The summed E-state index contributed by atoms with van der Waals surface area (Å²) in [6.45, 7) is 7.46. The van der Waals surface area contributed by atoms with E-state index in [1.165, 1.54) is 0 Å². The Morgan fingerprint density at radius 2 is 1.76 bits per heavy atom. The number of ether oxygens (including phenoxy) is 1. The minimum atomic E-state index is -1.18. The van der Waals surface area contributed by atoms with Crippen LogP contribution in [0.25, 0.3) is 10.9 Å². The van der Waals surface area contributed by atoms with Gasteiger partial charge >= 0.3 is 6.09 Å². The Kier molecular flexibility index (Phi) is 13.0. The molecule has 3 aromatic rings. The molecule has 1 saturated heterocycles. The van der Waals surface area contributed by atoms with E-state index >= 15 is 0 Å². The van der Waals surface area contributed by atoms with Crippen LogP contribution in [0.4, 0.5) is 4.79 Å². The number of carbonyl (C=O) groups excluding carboxylic acids is 5. The number of aromatic nitrogens is 1. The van der Waals surface area contributed by atoms with E-state index in [1.807, 2.05) is 67.7 Å². The van der Waals surface area contributed by atoms with Crippen molar-refractivity contribution in [1.82, 2.24) is 25.8 Å². The molecule has 6 N–H and O–H groups in total. The van der Waals surface area contributed by atoms with Gasteiger partial charge in [-0.3, -0.25) is 24.1 Å². The first kappa shape index (κ1) is 37.1. The third-order valence-corrected chi connectivity index (χ3v) is 8.58. The zero-order valence-corrected chi connectivity index (χ0v) is 28.9. The number of imide groups is 1. The van der Waals surface area contributed by atoms with Gasteiger partial charge in [0.2, 0.25) is 17.7 Å². The quantitative estimate of drug-likeness (QED) is 0.135. The van der Waals surface area contributed by atoms with Gasteiger partial charge in [0.15, 0.2) is 0 Å². The highest BCUT2D eigenvalue weighted by Gasteiger charge is 2.41. The molecule has 0 radical (unpaired) electrons. The number of amides is 5. The molecule has 4 atom stereocenters. The Balaban J connectivity index is 1.64. The van der Waals surface area contributed by atoms with Crippen LogP contribution in [0.3, 0.4) is 0 Å². The summed E-state index contributed by atoms with van der Waals surface area (Å²) in [5, 5.41) is 9.53. The largest absolute Gasteiger partial charge is 0.444 e. The molecular weight excluding hydrogens is 624 g/mol. The van der Waals surface area contributed by atoms with E-state index in [9.17, 15) is 24.0 Å². The maximum atomic E-state index is 14.4. The lowest BCUT2D eigenvalue weighted by atomic mass is 9.99. The Morgan fingerprint density at radius 3 is 2.45 bits per heavy atom. The average molecular weight is 675 g/mol. The molecule has 49 heavy (non-hydrogen) atoms. The van der Waals surface area contributed by atoms with Crippen molar-refractivity contribution in [3.05, 3.63) is 71.9 Å². The third kappa shape index (κ3) is 10.4. The molecule has 0 aliphatic carbocycles. The van der Waals surface area contributed by atoms with Crippen molar-refractivity contribution in [2.24, 2.45) is 5.73 Å². The van der Waals surface area contributed by atoms with E-state index < -0.39 is 53.4 Å². The Labute approximate surface area is 287 Å². The van der Waals surface area contributed by atoms with Gasteiger partial charge in [-0.05, 0) is 83.0 Å². The molecule has 2 aromatic carbocycles. The highest BCUT2D eigenvalue weighted by Crippen LogP contribution is 2.22. The second-order valence-corrected chi connectivity index (χ2v) is 13.6. The molecule has 0 spiro atoms. The molecule has 1 unspecified atom stereocenters. The van der Waals surface area contributed by atoms with Crippen LogP contribution in [-0.4, -0.2) is 75.9 Å². The normalized spacial score (nSPS) is 18.6. The van der Waals surface area contributed by atoms with Gasteiger partial charge in [-0.2, -0.15) is 0 Å². The molecule has 1 aliphatic rings. The van der Waals surface area contributed by atoms with Gasteiger partial charge in [0.05, 0.1) is 0 Å². The number of para-hydroxylation sites is 1. The van der Waals surface area contributed by atoms with Crippen molar-refractivity contribution in [2.45, 2.75) is 109 Å². The first-order valence-electron chi connectivity index (χ1n) is 17.1. The van der Waals surface area contributed by atoms with Crippen LogP contribution in [0.2, 0.25) is 0 Å². The minimum absolute atomic E-state index is 0.0731. The minimum Gasteiger partial charge on any atom is -0.444 e. The summed E-state index contributed by atoms with van der Waals surface area (Å²) in [5.41, 5.74) is 7.77. The number of nitrogens with zero attached hydrogens (tertiary/aromatic N) is 1. The summed E-state index contributed by atoms with van der Waals surface area (Å²) in [6, 6.07) is 13.3. The number of benzene rings is 2. The predicted octanol–water partition coefficient (Wildman–Crippen LogP) is 3.87. The van der Waals surface area contributed by atoms with Crippen molar-refractivity contribution in [2.75, 3.05) is 6.54 Å². The van der Waals surface area contributed by atoms with Crippen molar-refractivity contribution < 1.29 is 28.7 Å². The van der Waals surface area contributed by atoms with Gasteiger partial charge in [0.1, 0.15) is 23.7 Å². The molecule has 1 aromatic heterocycles. The van der Waals surface area contributed by atoms with E-state index in [0.717, 1.165) is 26.9 Å². The van der Waals surface area contributed by atoms with Crippen LogP contribution in [-0.2, 0) is 36.8 Å². The van der Waals surface area contributed by atoms with Crippen molar-refractivity contribution in [1.29, 1.82) is 0 Å². The van der Waals surface area contributed by atoms with Crippen molar-refractivity contribution >= 4 is 40.6 Å². The number of H-pyrrole nitrogens is 1. The van der Waals surface area contributed by atoms with Gasteiger partial charge in [0.25, 0.3) is 5.91 Å². The summed E-state index contributed by atoms with van der Waals surface area (Å²) in [4.78, 5) is 73.2. The second kappa shape index (κ2) is 17.1. The molecule has 1 fully saturated rings. The maximum Gasteiger partial charge on any atom is 0.408 e. The standard InChI is InChI=1S/C37H50N6O6/c1-5-26(22-25-23-39-28-16-10-9-15-27(25)28)40-34(46)31(17-11-12-20-38)43-32(44)19-18-29(42-36(48)49-37(2,3)4)33(45)41-30(35(43)47)21-24-13-7-6-8-14-24/h6-10,13-16,23,26,29-31,39H,5,11-12,17-22,38H2,1-4H3,(H,40,46)(H,41,45)(H,42,48)/t26?,29-,30-,31+/m1/s1. The SMILES string of the molecule is CCC(Cc1c[nH]c2ccccc12)NC(=O)[C@H](CCCCN)N1C(=O)CC[C@@H](NC(=O)OC(C)(C)C)C(=O)N[C@H](Cc2ccccc2)C1=O. The van der Waals surface area contributed by atoms with Crippen LogP contribution in [0, 0.1) is 0 Å². The topological polar surface area (TPSA) is 176 Å². The number of nitrogens with two attached hydrogens (primary N) is 1. The molecule has 1 aliphatic heterocycles. The maximum absolute atomic E-state index is 14.4. The fourth-order valence-corrected chi connectivity index (χ4v) is 6.07. The molecule has 12 heteroatoms. The zero-order valence-electron chi connectivity index (χ0n) is 28.9. The highest BCUT2D eigenvalue weighted by atomic mass is 16.6. The summed E-state index contributed by atoms with van der Waals surface area (Å²) >= 11 is 0. The number of unbranched alkanes of at least 4 members (excludes halogenated alkanes) is 1. The fourth-order valence-electron chi connectivity index (χ4n) is 6.07. The number of hydrogen-bond donors (Lipinski definition) is 5. The van der Waals surface area contributed by atoms with Gasteiger partial charge < -0.3 is 31.4 Å². The molecule has 2 heterocycles. The van der Waals surface area contributed by atoms with Crippen LogP contribution in [0.5, 0.6) is 0 Å². The Morgan fingerprint density at radius 1 is 1.04 bits per heavy atom. The van der Waals surface area contributed by atoms with Crippen LogP contribution in [0.1, 0.15) is 77.3 Å².